The molecule has 0 amide bonds. The molecule has 0 bridgehead atoms. The van der Waals surface area contributed by atoms with Crippen molar-refractivity contribution in [2.45, 2.75) is 12.7 Å². The highest BCUT2D eigenvalue weighted by atomic mass is 35.5. The summed E-state index contributed by atoms with van der Waals surface area (Å²) >= 11 is 5.78. The number of alkyl halides is 3. The predicted octanol–water partition coefficient (Wildman–Crippen LogP) is 4.97. The number of benzene rings is 2. The lowest BCUT2D eigenvalue weighted by atomic mass is 10.1. The fourth-order valence-corrected chi connectivity index (χ4v) is 1.94. The number of anilines is 1. The number of rotatable bonds is 4. The van der Waals surface area contributed by atoms with Gasteiger partial charge in [-0.2, -0.15) is 13.2 Å². The summed E-state index contributed by atoms with van der Waals surface area (Å²) in [6.45, 7) is 0.434. The Labute approximate surface area is 125 Å². The predicted molar refractivity (Wildman–Crippen MR) is 78.1 cm³/mol. The van der Waals surface area contributed by atoms with Crippen molar-refractivity contribution in [2.24, 2.45) is 0 Å². The maximum Gasteiger partial charge on any atom is 0.416 e. The molecule has 0 aliphatic heterocycles. The average Bonchev–Trinajstić information content (AvgIpc) is 2.45. The third kappa shape index (κ3) is 3.98. The molecule has 0 aliphatic rings. The Morgan fingerprint density at radius 2 is 1.76 bits per heavy atom. The van der Waals surface area contributed by atoms with Crippen molar-refractivity contribution < 1.29 is 13.2 Å². The van der Waals surface area contributed by atoms with Crippen molar-refractivity contribution in [2.75, 3.05) is 5.32 Å². The molecule has 0 saturated heterocycles. The second-order valence-corrected chi connectivity index (χ2v) is 4.86. The van der Waals surface area contributed by atoms with Crippen LogP contribution in [0.2, 0.25) is 5.02 Å². The SMILES string of the molecule is N=Cc1cc(C(F)(F)F)ccc1NCc1ccc(Cl)cc1. The molecule has 2 rings (SSSR count). The van der Waals surface area contributed by atoms with E-state index in [0.29, 0.717) is 17.3 Å². The van der Waals surface area contributed by atoms with Gasteiger partial charge < -0.3 is 10.7 Å². The molecule has 0 saturated carbocycles. The summed E-state index contributed by atoms with van der Waals surface area (Å²) in [5, 5.41) is 10.9. The highest BCUT2D eigenvalue weighted by molar-refractivity contribution is 6.30. The minimum Gasteiger partial charge on any atom is -0.380 e. The van der Waals surface area contributed by atoms with E-state index in [4.69, 9.17) is 17.0 Å². The van der Waals surface area contributed by atoms with Gasteiger partial charge in [0.15, 0.2) is 0 Å². The van der Waals surface area contributed by atoms with E-state index in [1.54, 1.807) is 12.1 Å². The van der Waals surface area contributed by atoms with Gasteiger partial charge in [-0.3, -0.25) is 0 Å². The zero-order valence-electron chi connectivity index (χ0n) is 10.8. The molecule has 0 unspecified atom stereocenters. The molecule has 0 radical (unpaired) electrons. The Balaban J connectivity index is 2.16. The highest BCUT2D eigenvalue weighted by Gasteiger charge is 2.30. The van der Waals surface area contributed by atoms with Crippen LogP contribution >= 0.6 is 11.6 Å². The maximum atomic E-state index is 12.6. The summed E-state index contributed by atoms with van der Waals surface area (Å²) in [6.07, 6.45) is -3.51. The van der Waals surface area contributed by atoms with E-state index in [0.717, 1.165) is 23.9 Å². The minimum atomic E-state index is -4.41. The van der Waals surface area contributed by atoms with Gasteiger partial charge in [-0.05, 0) is 35.9 Å². The lowest BCUT2D eigenvalue weighted by molar-refractivity contribution is -0.137. The quantitative estimate of drug-likeness (QED) is 0.768. The molecule has 6 heteroatoms. The van der Waals surface area contributed by atoms with Crippen LogP contribution in [0.25, 0.3) is 0 Å². The molecule has 0 fully saturated rings. The lowest BCUT2D eigenvalue weighted by Gasteiger charge is -2.13. The van der Waals surface area contributed by atoms with Crippen LogP contribution in [0, 0.1) is 5.41 Å². The summed E-state index contributed by atoms with van der Waals surface area (Å²) in [7, 11) is 0. The first-order valence-electron chi connectivity index (χ1n) is 6.10. The van der Waals surface area contributed by atoms with Crippen LogP contribution in [0.3, 0.4) is 0 Å². The summed E-state index contributed by atoms with van der Waals surface area (Å²) in [5.41, 5.74) is 0.847. The third-order valence-electron chi connectivity index (χ3n) is 2.93. The van der Waals surface area contributed by atoms with Gasteiger partial charge in [0.05, 0.1) is 5.56 Å². The van der Waals surface area contributed by atoms with E-state index in [-0.39, 0.29) is 5.56 Å². The minimum absolute atomic E-state index is 0.193. The van der Waals surface area contributed by atoms with E-state index in [9.17, 15) is 13.2 Å². The van der Waals surface area contributed by atoms with Gasteiger partial charge in [-0.25, -0.2) is 0 Å². The van der Waals surface area contributed by atoms with Crippen LogP contribution in [0.1, 0.15) is 16.7 Å². The molecule has 2 N–H and O–H groups in total. The van der Waals surface area contributed by atoms with Gasteiger partial charge in [-0.1, -0.05) is 23.7 Å². The second kappa shape index (κ2) is 6.18. The first-order valence-corrected chi connectivity index (χ1v) is 6.48. The van der Waals surface area contributed by atoms with Gasteiger partial charge in [0, 0.05) is 29.0 Å². The molecule has 0 spiro atoms. The number of halogens is 4. The van der Waals surface area contributed by atoms with Gasteiger partial charge in [0.25, 0.3) is 0 Å². The van der Waals surface area contributed by atoms with Crippen molar-refractivity contribution in [1.82, 2.24) is 0 Å². The Hall–Kier alpha value is -2.01. The molecule has 0 atom stereocenters. The Bertz CT molecular complexity index is 636. The summed E-state index contributed by atoms with van der Waals surface area (Å²) in [6, 6.07) is 10.4. The Kier molecular flexibility index (Phi) is 4.53. The van der Waals surface area contributed by atoms with E-state index < -0.39 is 11.7 Å². The molecule has 0 aliphatic carbocycles. The third-order valence-corrected chi connectivity index (χ3v) is 3.18. The molecule has 2 nitrogen and oxygen atoms in total. The Morgan fingerprint density at radius 1 is 1.10 bits per heavy atom. The maximum absolute atomic E-state index is 12.6. The van der Waals surface area contributed by atoms with Crippen LogP contribution in [0.15, 0.2) is 42.5 Å². The Morgan fingerprint density at radius 3 is 2.33 bits per heavy atom. The highest BCUT2D eigenvalue weighted by Crippen LogP contribution is 2.31. The number of hydrogen-bond acceptors (Lipinski definition) is 2. The summed E-state index contributed by atoms with van der Waals surface area (Å²) in [4.78, 5) is 0. The van der Waals surface area contributed by atoms with E-state index in [1.165, 1.54) is 6.07 Å². The zero-order chi connectivity index (χ0) is 15.5. The van der Waals surface area contributed by atoms with Gasteiger partial charge in [0.1, 0.15) is 0 Å². The van der Waals surface area contributed by atoms with Crippen molar-refractivity contribution in [3.05, 3.63) is 64.2 Å². The summed E-state index contributed by atoms with van der Waals surface area (Å²) in [5.74, 6) is 0. The topological polar surface area (TPSA) is 35.9 Å². The van der Waals surface area contributed by atoms with Crippen molar-refractivity contribution in [1.29, 1.82) is 5.41 Å². The molecule has 21 heavy (non-hydrogen) atoms. The largest absolute Gasteiger partial charge is 0.416 e. The van der Waals surface area contributed by atoms with Crippen LogP contribution < -0.4 is 5.32 Å². The molecule has 110 valence electrons. The standard InChI is InChI=1S/C15H12ClF3N2/c16-13-4-1-10(2-5-13)9-21-14-6-3-12(15(17,18)19)7-11(14)8-20/h1-8,20-21H,9H2. The van der Waals surface area contributed by atoms with E-state index >= 15 is 0 Å². The zero-order valence-corrected chi connectivity index (χ0v) is 11.6. The summed E-state index contributed by atoms with van der Waals surface area (Å²) < 4.78 is 37.8. The average molecular weight is 313 g/mol. The first kappa shape index (κ1) is 15.4. The molecule has 0 heterocycles. The smallest absolute Gasteiger partial charge is 0.380 e. The fourth-order valence-electron chi connectivity index (χ4n) is 1.82. The molecule has 0 aromatic heterocycles. The molecule has 2 aromatic carbocycles. The first-order chi connectivity index (χ1) is 9.90. The van der Waals surface area contributed by atoms with Gasteiger partial charge in [-0.15, -0.1) is 0 Å². The molecular formula is C15H12ClF3N2. The molecular weight excluding hydrogens is 301 g/mol. The van der Waals surface area contributed by atoms with Crippen molar-refractivity contribution in [3.8, 4) is 0 Å². The lowest BCUT2D eigenvalue weighted by Crippen LogP contribution is -2.08. The molecule has 2 aromatic rings. The van der Waals surface area contributed by atoms with Crippen LogP contribution in [0.4, 0.5) is 18.9 Å². The van der Waals surface area contributed by atoms with Crippen LogP contribution in [0.5, 0.6) is 0 Å². The fraction of sp³-hybridized carbons (Fsp3) is 0.133. The van der Waals surface area contributed by atoms with Crippen LogP contribution in [-0.4, -0.2) is 6.21 Å². The van der Waals surface area contributed by atoms with Crippen LogP contribution in [-0.2, 0) is 12.7 Å². The van der Waals surface area contributed by atoms with Gasteiger partial charge >= 0.3 is 6.18 Å². The van der Waals surface area contributed by atoms with E-state index in [2.05, 4.69) is 5.32 Å². The number of hydrogen-bond donors (Lipinski definition) is 2. The van der Waals surface area contributed by atoms with Gasteiger partial charge in [0.2, 0.25) is 0 Å². The monoisotopic (exact) mass is 312 g/mol. The second-order valence-electron chi connectivity index (χ2n) is 4.42. The van der Waals surface area contributed by atoms with Crippen molar-refractivity contribution >= 4 is 23.5 Å². The van der Waals surface area contributed by atoms with Crippen molar-refractivity contribution in [3.63, 3.8) is 0 Å². The van der Waals surface area contributed by atoms with E-state index in [1.807, 2.05) is 12.1 Å². The normalized spacial score (nSPS) is 11.2. The number of nitrogens with one attached hydrogen (secondary N) is 2.